The number of benzene rings is 2. The largest absolute Gasteiger partial charge is 0.416 e. The number of rotatable bonds is 2. The quantitative estimate of drug-likeness (QED) is 0.620. The topological polar surface area (TPSA) is 34.1 Å². The molecule has 2 aromatic carbocycles. The summed E-state index contributed by atoms with van der Waals surface area (Å²) in [6.07, 6.45) is -4.46. The molecule has 0 aromatic heterocycles. The van der Waals surface area contributed by atoms with Crippen LogP contribution in [0.5, 0.6) is 0 Å². The van der Waals surface area contributed by atoms with Gasteiger partial charge in [0.15, 0.2) is 0 Å². The summed E-state index contributed by atoms with van der Waals surface area (Å²) in [5.41, 5.74) is -0.177. The fraction of sp³-hybridized carbons (Fsp3) is 0.0769. The number of halogens is 4. The van der Waals surface area contributed by atoms with E-state index in [0.29, 0.717) is 5.56 Å². The summed E-state index contributed by atoms with van der Waals surface area (Å²) in [4.78, 5) is -0.534. The summed E-state index contributed by atoms with van der Waals surface area (Å²) in [5, 5.41) is 0. The molecule has 0 fully saturated rings. The Kier molecular flexibility index (Phi) is 3.56. The molecule has 2 nitrogen and oxygen atoms in total. The minimum absolute atomic E-state index is 0.266. The van der Waals surface area contributed by atoms with Crippen LogP contribution in [0, 0.1) is 0 Å². The first-order valence-corrected chi connectivity index (χ1v) is 6.78. The zero-order valence-corrected chi connectivity index (χ0v) is 10.7. The van der Waals surface area contributed by atoms with Crippen molar-refractivity contribution in [1.29, 1.82) is 0 Å². The third-order valence-corrected chi connectivity index (χ3v) is 3.49. The Hall–Kier alpha value is -1.89. The van der Waals surface area contributed by atoms with Crippen LogP contribution >= 0.6 is 0 Å². The first-order chi connectivity index (χ1) is 9.18. The van der Waals surface area contributed by atoms with Crippen molar-refractivity contribution in [2.45, 2.75) is 11.1 Å². The van der Waals surface area contributed by atoms with E-state index in [2.05, 4.69) is 0 Å². The molecule has 0 atom stereocenters. The Balaban J connectivity index is 2.43. The van der Waals surface area contributed by atoms with E-state index < -0.39 is 26.9 Å². The standard InChI is InChI=1S/C13H8F4O2S/c14-13(15,16)11-3-1-2-10(8-11)9-4-6-12(7-5-9)20(17,18)19/h1-8H. The van der Waals surface area contributed by atoms with E-state index in [-0.39, 0.29) is 5.56 Å². The molecule has 0 heterocycles. The second-order valence-electron chi connectivity index (χ2n) is 4.04. The highest BCUT2D eigenvalue weighted by molar-refractivity contribution is 7.86. The minimum Gasteiger partial charge on any atom is -0.189 e. The molecule has 0 aliphatic carbocycles. The normalized spacial score (nSPS) is 12.4. The smallest absolute Gasteiger partial charge is 0.189 e. The van der Waals surface area contributed by atoms with Crippen LogP contribution in [0.3, 0.4) is 0 Å². The molecular weight excluding hydrogens is 296 g/mol. The summed E-state index contributed by atoms with van der Waals surface area (Å²) in [6.45, 7) is 0. The van der Waals surface area contributed by atoms with Crippen LogP contribution in [0.15, 0.2) is 53.4 Å². The van der Waals surface area contributed by atoms with Gasteiger partial charge in [-0.05, 0) is 35.4 Å². The fourth-order valence-corrected chi connectivity index (χ4v) is 2.15. The molecule has 0 N–H and O–H groups in total. The Bertz CT molecular complexity index is 719. The molecule has 0 bridgehead atoms. The van der Waals surface area contributed by atoms with Crippen molar-refractivity contribution in [2.75, 3.05) is 0 Å². The monoisotopic (exact) mass is 304 g/mol. The van der Waals surface area contributed by atoms with Gasteiger partial charge < -0.3 is 0 Å². The van der Waals surface area contributed by atoms with Gasteiger partial charge in [-0.3, -0.25) is 0 Å². The van der Waals surface area contributed by atoms with E-state index in [1.807, 2.05) is 0 Å². The molecule has 0 saturated carbocycles. The molecular formula is C13H8F4O2S. The van der Waals surface area contributed by atoms with E-state index in [4.69, 9.17) is 0 Å². The summed E-state index contributed by atoms with van der Waals surface area (Å²) >= 11 is 0. The van der Waals surface area contributed by atoms with Gasteiger partial charge in [0.25, 0.3) is 0 Å². The summed E-state index contributed by atoms with van der Waals surface area (Å²) in [5.74, 6) is 0. The zero-order valence-electron chi connectivity index (χ0n) is 9.86. The van der Waals surface area contributed by atoms with Crippen molar-refractivity contribution < 1.29 is 25.5 Å². The number of hydrogen-bond acceptors (Lipinski definition) is 2. The maximum Gasteiger partial charge on any atom is 0.416 e. The zero-order chi connectivity index (χ0) is 15.0. The highest BCUT2D eigenvalue weighted by Crippen LogP contribution is 2.32. The summed E-state index contributed by atoms with van der Waals surface area (Å²) < 4.78 is 71.7. The van der Waals surface area contributed by atoms with Crippen LogP contribution < -0.4 is 0 Å². The molecule has 106 valence electrons. The van der Waals surface area contributed by atoms with Crippen molar-refractivity contribution in [1.82, 2.24) is 0 Å². The van der Waals surface area contributed by atoms with Gasteiger partial charge in [0.05, 0.1) is 10.5 Å². The SMILES string of the molecule is O=S(=O)(F)c1ccc(-c2cccc(C(F)(F)F)c2)cc1. The van der Waals surface area contributed by atoms with Gasteiger partial charge in [0.1, 0.15) is 0 Å². The lowest BCUT2D eigenvalue weighted by molar-refractivity contribution is -0.137. The maximum absolute atomic E-state index is 12.7. The van der Waals surface area contributed by atoms with E-state index >= 15 is 0 Å². The van der Waals surface area contributed by atoms with Gasteiger partial charge in [0.2, 0.25) is 0 Å². The third kappa shape index (κ3) is 3.16. The van der Waals surface area contributed by atoms with E-state index in [9.17, 15) is 25.5 Å². The average Bonchev–Trinajstić information content (AvgIpc) is 2.37. The maximum atomic E-state index is 12.7. The average molecular weight is 304 g/mol. The lowest BCUT2D eigenvalue weighted by Crippen LogP contribution is -2.04. The lowest BCUT2D eigenvalue weighted by atomic mass is 10.0. The van der Waals surface area contributed by atoms with Crippen molar-refractivity contribution in [3.05, 3.63) is 54.1 Å². The third-order valence-electron chi connectivity index (χ3n) is 2.66. The predicted octanol–water partition coefficient (Wildman–Crippen LogP) is 4.03. The van der Waals surface area contributed by atoms with Crippen LogP contribution in [0.25, 0.3) is 11.1 Å². The lowest BCUT2D eigenvalue weighted by Gasteiger charge is -2.09. The molecule has 7 heteroatoms. The number of hydrogen-bond donors (Lipinski definition) is 0. The van der Waals surface area contributed by atoms with Gasteiger partial charge >= 0.3 is 16.4 Å². The fourth-order valence-electron chi connectivity index (χ4n) is 1.69. The first kappa shape index (κ1) is 14.5. The highest BCUT2D eigenvalue weighted by Gasteiger charge is 2.30. The van der Waals surface area contributed by atoms with E-state index in [1.165, 1.54) is 24.3 Å². The minimum atomic E-state index is -4.81. The van der Waals surface area contributed by atoms with Gasteiger partial charge in [-0.15, -0.1) is 3.89 Å². The summed E-state index contributed by atoms with van der Waals surface area (Å²) in [6, 6.07) is 9.09. The highest BCUT2D eigenvalue weighted by atomic mass is 32.3. The second-order valence-corrected chi connectivity index (χ2v) is 5.39. The Morgan fingerprint density at radius 3 is 1.95 bits per heavy atom. The van der Waals surface area contributed by atoms with Crippen molar-refractivity contribution >= 4 is 10.2 Å². The molecule has 0 amide bonds. The first-order valence-electron chi connectivity index (χ1n) is 5.40. The van der Waals surface area contributed by atoms with Crippen LogP contribution in [0.1, 0.15) is 5.56 Å². The Morgan fingerprint density at radius 1 is 0.850 bits per heavy atom. The molecule has 20 heavy (non-hydrogen) atoms. The van der Waals surface area contributed by atoms with Crippen LogP contribution in [0.2, 0.25) is 0 Å². The Labute approximate surface area is 112 Å². The second kappa shape index (κ2) is 4.90. The molecule has 0 aliphatic rings. The van der Waals surface area contributed by atoms with Crippen LogP contribution in [-0.4, -0.2) is 8.42 Å². The predicted molar refractivity (Wildman–Crippen MR) is 65.2 cm³/mol. The van der Waals surface area contributed by atoms with Crippen LogP contribution in [0.4, 0.5) is 17.1 Å². The van der Waals surface area contributed by atoms with Gasteiger partial charge in [0, 0.05) is 0 Å². The molecule has 0 spiro atoms. The molecule has 2 aromatic rings. The van der Waals surface area contributed by atoms with Crippen LogP contribution in [-0.2, 0) is 16.4 Å². The van der Waals surface area contributed by atoms with Gasteiger partial charge in [-0.1, -0.05) is 24.3 Å². The van der Waals surface area contributed by atoms with Crippen molar-refractivity contribution in [3.63, 3.8) is 0 Å². The molecule has 0 saturated heterocycles. The van der Waals surface area contributed by atoms with E-state index in [0.717, 1.165) is 24.3 Å². The molecule has 0 unspecified atom stereocenters. The number of alkyl halides is 3. The Morgan fingerprint density at radius 2 is 1.45 bits per heavy atom. The van der Waals surface area contributed by atoms with Gasteiger partial charge in [-0.25, -0.2) is 0 Å². The summed E-state index contributed by atoms with van der Waals surface area (Å²) in [7, 11) is -4.81. The molecule has 0 aliphatic heterocycles. The van der Waals surface area contributed by atoms with Crippen molar-refractivity contribution in [2.24, 2.45) is 0 Å². The van der Waals surface area contributed by atoms with Gasteiger partial charge in [-0.2, -0.15) is 21.6 Å². The molecule has 2 rings (SSSR count). The van der Waals surface area contributed by atoms with Crippen molar-refractivity contribution in [3.8, 4) is 11.1 Å². The van der Waals surface area contributed by atoms with E-state index in [1.54, 1.807) is 0 Å². The molecule has 0 radical (unpaired) electrons.